The number of hydrogen-bond acceptors (Lipinski definition) is 12. The van der Waals surface area contributed by atoms with E-state index in [0.717, 1.165) is 136 Å². The molecule has 0 saturated heterocycles. The Morgan fingerprint density at radius 1 is 0.276 bits per heavy atom. The minimum atomic E-state index is -0.168. The van der Waals surface area contributed by atoms with E-state index in [1.54, 1.807) is 73.4 Å². The van der Waals surface area contributed by atoms with Gasteiger partial charge in [0.25, 0.3) is 41.4 Å². The van der Waals surface area contributed by atoms with Crippen molar-refractivity contribution in [2.24, 2.45) is 17.8 Å². The van der Waals surface area contributed by atoms with E-state index >= 15 is 0 Å². The van der Waals surface area contributed by atoms with E-state index in [9.17, 15) is 33.6 Å². The van der Waals surface area contributed by atoms with Crippen molar-refractivity contribution in [2.75, 3.05) is 37.2 Å². The molecule has 0 spiro atoms. The van der Waals surface area contributed by atoms with Crippen molar-refractivity contribution in [2.45, 2.75) is 148 Å². The van der Waals surface area contributed by atoms with Crippen LogP contribution in [0.3, 0.4) is 0 Å². The predicted octanol–water partition coefficient (Wildman–Crippen LogP) is 31.6. The van der Waals surface area contributed by atoms with Crippen LogP contribution in [-0.4, -0.2) is 66.3 Å². The molecule has 0 aliphatic rings. The van der Waals surface area contributed by atoms with Gasteiger partial charge in [-0.1, -0.05) is 320 Å². The minimum Gasteiger partial charge on any atom is -0.322 e. The van der Waals surface area contributed by atoms with Gasteiger partial charge in [-0.2, -0.15) is 0 Å². The van der Waals surface area contributed by atoms with Crippen LogP contribution in [-0.2, 0) is 6.42 Å². The number of anilines is 7. The minimum absolute atomic E-state index is 0.0831. The molecule has 0 bridgehead atoms. The Balaban J connectivity index is 0.000000207. The van der Waals surface area contributed by atoms with Gasteiger partial charge < -0.3 is 37.2 Å². The number of amides is 7. The first kappa shape index (κ1) is 114. The van der Waals surface area contributed by atoms with Gasteiger partial charge in [0.1, 0.15) is 16.8 Å². The molecule has 7 N–H and O–H groups in total. The van der Waals surface area contributed by atoms with E-state index < -0.39 is 0 Å². The van der Waals surface area contributed by atoms with Crippen molar-refractivity contribution in [1.29, 1.82) is 0 Å². The van der Waals surface area contributed by atoms with E-state index in [-0.39, 0.29) is 41.4 Å². The second-order valence-corrected chi connectivity index (χ2v) is 35.1. The van der Waals surface area contributed by atoms with Crippen LogP contribution in [0.5, 0.6) is 0 Å². The predicted molar refractivity (Wildman–Crippen MR) is 606 cm³/mol. The molecular weight excluding hydrogens is 1820 g/mol. The van der Waals surface area contributed by atoms with Crippen molar-refractivity contribution in [3.8, 4) is 0 Å². The lowest BCUT2D eigenvalue weighted by molar-refractivity contribution is 0.101. The van der Waals surface area contributed by atoms with Gasteiger partial charge in [0, 0.05) is 98.4 Å². The van der Waals surface area contributed by atoms with Gasteiger partial charge in [0.05, 0.1) is 11.9 Å². The molecule has 7 amide bonds. The number of hydrogen-bond donors (Lipinski definition) is 7. The summed E-state index contributed by atoms with van der Waals surface area (Å²) < 4.78 is 0. The molecule has 20 heteroatoms. The summed E-state index contributed by atoms with van der Waals surface area (Å²) in [6.45, 7) is 27.3. The molecule has 5 heterocycles. The van der Waals surface area contributed by atoms with Crippen molar-refractivity contribution < 1.29 is 33.6 Å². The van der Waals surface area contributed by atoms with E-state index in [2.05, 4.69) is 223 Å². The number of pyridine rings is 5. The van der Waals surface area contributed by atoms with E-state index in [1.165, 1.54) is 6.20 Å². The summed E-state index contributed by atoms with van der Waals surface area (Å²) in [5.74, 6) is 1.88. The molecule has 14 rings (SSSR count). The van der Waals surface area contributed by atoms with Gasteiger partial charge in [-0.3, -0.25) is 43.5 Å². The monoisotopic (exact) mass is 1950 g/mol. The molecule has 0 saturated carbocycles. The highest BCUT2D eigenvalue weighted by molar-refractivity contribution is 6.29. The SMILES string of the molecule is CC(C)/C=C/c1ccc(C(=O)Nc2ccc(Cl)nc2)cc1.CC(C)/C=C/c1ccc(C(=O)Nc2ccccc2)cc1.CCC/C=C/c1ccc(C(=O)Nc2cc(C)ccn2)cc1.CCC/C=C/c1ccc(C(=O)Nc2cc(CC)ccn2)cc1.CCC/C=C/c1ccc(C(=O)Nc2ccccc2)cc1.CCC/C=C/c1ccc(C(=O)Nc2ccncc2)cc1.Cc1cc(NC(=O)c2ccc(/C=C/C(C)C)cc2)ccn1. The van der Waals surface area contributed by atoms with Crippen molar-refractivity contribution in [1.82, 2.24) is 24.9 Å². The number of rotatable bonds is 33. The summed E-state index contributed by atoms with van der Waals surface area (Å²) in [5, 5.41) is 20.3. The second kappa shape index (κ2) is 64.8. The summed E-state index contributed by atoms with van der Waals surface area (Å²) in [6.07, 6.45) is 49.2. The molecule has 0 aliphatic heterocycles. The van der Waals surface area contributed by atoms with Crippen LogP contribution in [0.25, 0.3) is 42.5 Å². The van der Waals surface area contributed by atoms with Crippen LogP contribution in [0.15, 0.2) is 371 Å². The fraction of sp³-hybridized carbons (Fsp3) is 0.200. The van der Waals surface area contributed by atoms with Gasteiger partial charge in [-0.05, 0) is 284 Å². The third kappa shape index (κ3) is 45.3. The van der Waals surface area contributed by atoms with Crippen LogP contribution < -0.4 is 37.2 Å². The first-order chi connectivity index (χ1) is 70.2. The van der Waals surface area contributed by atoms with Crippen LogP contribution in [0.1, 0.15) is 256 Å². The first-order valence-electron chi connectivity index (χ1n) is 49.3. The summed E-state index contributed by atoms with van der Waals surface area (Å²) >= 11 is 5.70. The highest BCUT2D eigenvalue weighted by Gasteiger charge is 2.14. The van der Waals surface area contributed by atoms with Crippen molar-refractivity contribution in [3.63, 3.8) is 0 Å². The fourth-order valence-corrected chi connectivity index (χ4v) is 13.1. The average Bonchev–Trinajstić information content (AvgIpc) is 0.887. The summed E-state index contributed by atoms with van der Waals surface area (Å²) in [7, 11) is 0. The number of unbranched alkanes of at least 4 members (excludes halogenated alkanes) is 4. The van der Waals surface area contributed by atoms with Crippen LogP contribution in [0.4, 0.5) is 40.1 Å². The molecule has 9 aromatic carbocycles. The lowest BCUT2D eigenvalue weighted by atomic mass is 10.1. The highest BCUT2D eigenvalue weighted by Crippen LogP contribution is 2.22. The Labute approximate surface area is 862 Å². The number of carbonyl (C=O) groups excluding carboxylic acids is 7. The zero-order chi connectivity index (χ0) is 104. The van der Waals surface area contributed by atoms with Crippen LogP contribution in [0, 0.1) is 31.6 Å². The van der Waals surface area contributed by atoms with E-state index in [1.807, 2.05) is 263 Å². The number of allylic oxidation sites excluding steroid dienone is 7. The maximum atomic E-state index is 12.2. The molecule has 5 aromatic heterocycles. The van der Waals surface area contributed by atoms with E-state index in [4.69, 9.17) is 11.6 Å². The molecule has 0 radical (unpaired) electrons. The number of nitrogens with one attached hydrogen (secondary N) is 7. The van der Waals surface area contributed by atoms with Gasteiger partial charge >= 0.3 is 0 Å². The topological polar surface area (TPSA) is 268 Å². The van der Waals surface area contributed by atoms with Gasteiger partial charge in [0.2, 0.25) is 0 Å². The number of nitrogens with zero attached hydrogens (tertiary/aromatic N) is 5. The van der Waals surface area contributed by atoms with Gasteiger partial charge in [0.15, 0.2) is 0 Å². The van der Waals surface area contributed by atoms with Crippen molar-refractivity contribution in [3.05, 3.63) is 471 Å². The average molecular weight is 1950 g/mol. The molecule has 0 unspecified atom stereocenters. The van der Waals surface area contributed by atoms with Crippen LogP contribution in [0.2, 0.25) is 5.15 Å². The fourth-order valence-electron chi connectivity index (χ4n) is 13.0. The Bertz CT molecular complexity index is 6400. The lowest BCUT2D eigenvalue weighted by Crippen LogP contribution is -2.13. The molecule has 744 valence electrons. The van der Waals surface area contributed by atoms with Crippen molar-refractivity contribution >= 4 is 136 Å². The highest BCUT2D eigenvalue weighted by atomic mass is 35.5. The normalized spacial score (nSPS) is 10.8. The standard InChI is InChI=1S/C19H22N2O.2C18H20N2O.2C18H19NO.C17H17ClN2O.C17H18N2O/c1-3-5-6-7-16-8-10-17(11-9-16)19(22)21-18-14-15(4-2)12-13-20-18;1-13(2)4-5-15-6-8-16(9-7-15)18(21)20-17-10-11-19-14(3)12-17;1-3-4-5-6-15-7-9-16(10-8-15)18(21)20-17-13-14(2)11-12-19-17;1-14(2)8-9-15-10-12-16(13-11-15)18(20)19-17-6-4-3-5-7-17;1-2-3-5-8-15-11-13-16(14-12-15)18(20)19-17-9-6-4-7-10-17;1-12(2)3-4-13-5-7-14(8-6-13)17(21)20-15-9-10-16(18)19-11-15;1-2-3-4-5-14-6-8-15(9-7-14)17(20)19-16-10-12-18-13-11-16/h6-14H,3-5H2,1-2H3,(H,20,21,22);4-13H,1-3H3,(H,19,20,21);5-13H,3-4H2,1-2H3,(H,19,20,21);3-14H,1-2H3,(H,19,20);4-14H,2-3H2,1H3,(H,19,20);3-12H,1-2H3,(H,20,21);4-13H,2-3H2,1H3,(H,18,19,20)/b7-6+;5-4+;6-5+;9-8+;8-5+;4-3+;5-4+. The Kier molecular flexibility index (Phi) is 50.8. The third-order valence-corrected chi connectivity index (χ3v) is 21.3. The number of aryl methyl sites for hydroxylation is 3. The quantitative estimate of drug-likeness (QED) is 0.0189. The largest absolute Gasteiger partial charge is 0.322 e. The molecule has 0 atom stereocenters. The number of benzene rings is 9. The Morgan fingerprint density at radius 2 is 0.559 bits per heavy atom. The number of halogens is 1. The molecule has 0 aliphatic carbocycles. The second-order valence-electron chi connectivity index (χ2n) is 34.8. The first-order valence-corrected chi connectivity index (χ1v) is 49.6. The number of carbonyl (C=O) groups is 7. The smallest absolute Gasteiger partial charge is 0.256 e. The number of aromatic nitrogens is 5. The Morgan fingerprint density at radius 3 is 0.855 bits per heavy atom. The summed E-state index contributed by atoms with van der Waals surface area (Å²) in [6, 6.07) is 90.0. The summed E-state index contributed by atoms with van der Waals surface area (Å²) in [5.41, 5.74) is 19.1. The molecular formula is C125H135ClN12O7. The molecule has 145 heavy (non-hydrogen) atoms. The van der Waals surface area contributed by atoms with Gasteiger partial charge in [-0.15, -0.1) is 0 Å². The number of para-hydroxylation sites is 2. The zero-order valence-corrected chi connectivity index (χ0v) is 86.1. The lowest BCUT2D eigenvalue weighted by Gasteiger charge is -2.06. The molecule has 19 nitrogen and oxygen atoms in total. The zero-order valence-electron chi connectivity index (χ0n) is 85.3. The van der Waals surface area contributed by atoms with E-state index in [0.29, 0.717) is 79.2 Å². The Hall–Kier alpha value is -16.5. The summed E-state index contributed by atoms with van der Waals surface area (Å²) in [4.78, 5) is 105. The van der Waals surface area contributed by atoms with Gasteiger partial charge in [-0.25, -0.2) is 15.0 Å². The molecule has 14 aromatic rings. The maximum Gasteiger partial charge on any atom is 0.256 e. The maximum absolute atomic E-state index is 12.2. The van der Waals surface area contributed by atoms with Crippen LogP contribution >= 0.6 is 11.6 Å². The third-order valence-electron chi connectivity index (χ3n) is 21.1. The molecule has 0 fully saturated rings.